The van der Waals surface area contributed by atoms with Crippen LogP contribution in [0.5, 0.6) is 0 Å². The summed E-state index contributed by atoms with van der Waals surface area (Å²) in [5.74, 6) is 0. The van der Waals surface area contributed by atoms with Crippen molar-refractivity contribution >= 4 is 37.5 Å². The maximum absolute atomic E-state index is 12.1. The van der Waals surface area contributed by atoms with Crippen molar-refractivity contribution in [2.45, 2.75) is 19.8 Å². The molecule has 3 rings (SSSR count). The molecule has 0 spiro atoms. The van der Waals surface area contributed by atoms with E-state index in [2.05, 4.69) is 40.0 Å². The molecule has 3 aromatic rings. The van der Waals surface area contributed by atoms with Gasteiger partial charge in [-0.1, -0.05) is 41.4 Å². The molecule has 0 unspecified atom stereocenters. The molecule has 0 bridgehead atoms. The standard InChI is InChI=1S/C16H14BrNO/c1-2-3-10-8-11-6-7-18-16(19)15(11)14-9-12(17)4-5-13(10)14/h4-9H,2-3H2,1H3,(H,18,19). The van der Waals surface area contributed by atoms with E-state index in [0.717, 1.165) is 33.5 Å². The van der Waals surface area contributed by atoms with Crippen molar-refractivity contribution in [1.82, 2.24) is 4.98 Å². The molecule has 0 aliphatic heterocycles. The smallest absolute Gasteiger partial charge is 0.256 e. The molecule has 0 fully saturated rings. The first kappa shape index (κ1) is 12.4. The van der Waals surface area contributed by atoms with Crippen LogP contribution in [0.1, 0.15) is 18.9 Å². The van der Waals surface area contributed by atoms with E-state index in [4.69, 9.17) is 0 Å². The van der Waals surface area contributed by atoms with Gasteiger partial charge in [-0.15, -0.1) is 0 Å². The Morgan fingerprint density at radius 3 is 2.79 bits per heavy atom. The molecule has 19 heavy (non-hydrogen) atoms. The van der Waals surface area contributed by atoms with Crippen molar-refractivity contribution in [3.63, 3.8) is 0 Å². The SMILES string of the molecule is CCCc1cc2cc[nH]c(=O)c2c2cc(Br)ccc12. The molecule has 0 saturated heterocycles. The van der Waals surface area contributed by atoms with Crippen molar-refractivity contribution in [3.8, 4) is 0 Å². The number of aryl methyl sites for hydroxylation is 1. The second-order valence-corrected chi connectivity index (χ2v) is 5.66. The lowest BCUT2D eigenvalue weighted by Gasteiger charge is -2.09. The van der Waals surface area contributed by atoms with E-state index in [0.29, 0.717) is 0 Å². The van der Waals surface area contributed by atoms with Gasteiger partial charge in [-0.25, -0.2) is 0 Å². The van der Waals surface area contributed by atoms with Crippen LogP contribution in [0.15, 0.2) is 45.8 Å². The summed E-state index contributed by atoms with van der Waals surface area (Å²) >= 11 is 3.49. The first-order valence-corrected chi connectivity index (χ1v) is 7.22. The molecule has 0 aliphatic rings. The minimum absolute atomic E-state index is 0.0244. The number of hydrogen-bond acceptors (Lipinski definition) is 1. The summed E-state index contributed by atoms with van der Waals surface area (Å²) in [6.07, 6.45) is 3.84. The zero-order valence-electron chi connectivity index (χ0n) is 10.7. The average molecular weight is 316 g/mol. The van der Waals surface area contributed by atoms with Gasteiger partial charge >= 0.3 is 0 Å². The molecule has 3 heteroatoms. The number of H-pyrrole nitrogens is 1. The summed E-state index contributed by atoms with van der Waals surface area (Å²) in [5.41, 5.74) is 1.28. The Morgan fingerprint density at radius 1 is 1.16 bits per heavy atom. The van der Waals surface area contributed by atoms with Crippen molar-refractivity contribution in [1.29, 1.82) is 0 Å². The lowest BCUT2D eigenvalue weighted by Crippen LogP contribution is -2.05. The van der Waals surface area contributed by atoms with Crippen molar-refractivity contribution < 1.29 is 0 Å². The fourth-order valence-electron chi connectivity index (χ4n) is 2.64. The Hall–Kier alpha value is -1.61. The Bertz CT molecular complexity index is 820. The molecular formula is C16H14BrNO. The maximum atomic E-state index is 12.1. The number of aromatic amines is 1. The van der Waals surface area contributed by atoms with Gasteiger partial charge in [-0.05, 0) is 46.3 Å². The summed E-state index contributed by atoms with van der Waals surface area (Å²) in [7, 11) is 0. The minimum Gasteiger partial charge on any atom is -0.329 e. The third-order valence-corrected chi connectivity index (χ3v) is 3.93. The zero-order chi connectivity index (χ0) is 13.4. The Kier molecular flexibility index (Phi) is 3.15. The summed E-state index contributed by atoms with van der Waals surface area (Å²) in [4.78, 5) is 14.9. The molecule has 1 N–H and O–H groups in total. The van der Waals surface area contributed by atoms with Gasteiger partial charge in [0, 0.05) is 10.7 Å². The monoisotopic (exact) mass is 315 g/mol. The van der Waals surface area contributed by atoms with Gasteiger partial charge in [-0.3, -0.25) is 4.79 Å². The Balaban J connectivity index is 2.55. The predicted molar refractivity (Wildman–Crippen MR) is 83.8 cm³/mol. The van der Waals surface area contributed by atoms with Crippen LogP contribution in [0.25, 0.3) is 21.5 Å². The number of benzene rings is 2. The van der Waals surface area contributed by atoms with Gasteiger partial charge in [-0.2, -0.15) is 0 Å². The largest absolute Gasteiger partial charge is 0.329 e. The van der Waals surface area contributed by atoms with Gasteiger partial charge in [0.15, 0.2) is 0 Å². The van der Waals surface area contributed by atoms with Crippen LogP contribution in [0.4, 0.5) is 0 Å². The van der Waals surface area contributed by atoms with Crippen LogP contribution in [-0.2, 0) is 6.42 Å². The molecule has 0 saturated carbocycles. The van der Waals surface area contributed by atoms with Gasteiger partial charge < -0.3 is 4.98 Å². The summed E-state index contributed by atoms with van der Waals surface area (Å²) in [6.45, 7) is 2.17. The number of aromatic nitrogens is 1. The molecule has 1 aromatic heterocycles. The molecule has 2 nitrogen and oxygen atoms in total. The third kappa shape index (κ3) is 2.08. The highest BCUT2D eigenvalue weighted by Gasteiger charge is 2.09. The van der Waals surface area contributed by atoms with Crippen molar-refractivity contribution in [2.24, 2.45) is 0 Å². The van der Waals surface area contributed by atoms with E-state index < -0.39 is 0 Å². The Labute approximate surface area is 119 Å². The molecule has 1 heterocycles. The van der Waals surface area contributed by atoms with E-state index in [1.54, 1.807) is 6.20 Å². The molecule has 0 aliphatic carbocycles. The number of hydrogen-bond donors (Lipinski definition) is 1. The van der Waals surface area contributed by atoms with E-state index in [1.807, 2.05) is 18.2 Å². The number of rotatable bonds is 2. The first-order valence-electron chi connectivity index (χ1n) is 6.43. The predicted octanol–water partition coefficient (Wildman–Crippen LogP) is 4.40. The van der Waals surface area contributed by atoms with Crippen LogP contribution in [0.2, 0.25) is 0 Å². The Morgan fingerprint density at radius 2 is 2.00 bits per heavy atom. The normalized spacial score (nSPS) is 11.3. The van der Waals surface area contributed by atoms with E-state index >= 15 is 0 Å². The van der Waals surface area contributed by atoms with Crippen molar-refractivity contribution in [2.75, 3.05) is 0 Å². The summed E-state index contributed by atoms with van der Waals surface area (Å²) in [6, 6.07) is 10.3. The van der Waals surface area contributed by atoms with Crippen LogP contribution in [-0.4, -0.2) is 4.98 Å². The average Bonchev–Trinajstić information content (AvgIpc) is 2.38. The molecule has 96 valence electrons. The number of nitrogens with one attached hydrogen (secondary N) is 1. The van der Waals surface area contributed by atoms with Gasteiger partial charge in [0.2, 0.25) is 0 Å². The van der Waals surface area contributed by atoms with Crippen LogP contribution in [0.3, 0.4) is 0 Å². The first-order chi connectivity index (χ1) is 9.20. The highest BCUT2D eigenvalue weighted by Crippen LogP contribution is 2.29. The fourth-order valence-corrected chi connectivity index (χ4v) is 3.00. The number of pyridine rings is 1. The topological polar surface area (TPSA) is 32.9 Å². The van der Waals surface area contributed by atoms with Crippen molar-refractivity contribution in [3.05, 3.63) is 56.9 Å². The second-order valence-electron chi connectivity index (χ2n) is 4.75. The zero-order valence-corrected chi connectivity index (χ0v) is 12.3. The molecule has 0 amide bonds. The minimum atomic E-state index is -0.0244. The highest BCUT2D eigenvalue weighted by atomic mass is 79.9. The third-order valence-electron chi connectivity index (χ3n) is 3.44. The van der Waals surface area contributed by atoms with Crippen LogP contribution in [0, 0.1) is 0 Å². The van der Waals surface area contributed by atoms with Gasteiger partial charge in [0.1, 0.15) is 0 Å². The van der Waals surface area contributed by atoms with Crippen LogP contribution < -0.4 is 5.56 Å². The van der Waals surface area contributed by atoms with Crippen LogP contribution >= 0.6 is 15.9 Å². The molecule has 0 radical (unpaired) electrons. The lowest BCUT2D eigenvalue weighted by molar-refractivity contribution is 0.931. The van der Waals surface area contributed by atoms with E-state index in [1.165, 1.54) is 10.9 Å². The molecular weight excluding hydrogens is 302 g/mol. The van der Waals surface area contributed by atoms with Gasteiger partial charge in [0.05, 0.1) is 5.39 Å². The fraction of sp³-hybridized carbons (Fsp3) is 0.188. The summed E-state index contributed by atoms with van der Waals surface area (Å²) < 4.78 is 0.998. The highest BCUT2D eigenvalue weighted by molar-refractivity contribution is 9.10. The quantitative estimate of drug-likeness (QED) is 0.699. The molecule has 2 aromatic carbocycles. The van der Waals surface area contributed by atoms with E-state index in [-0.39, 0.29) is 5.56 Å². The van der Waals surface area contributed by atoms with E-state index in [9.17, 15) is 4.79 Å². The second kappa shape index (κ2) is 4.82. The molecule has 0 atom stereocenters. The lowest BCUT2D eigenvalue weighted by atomic mass is 9.96. The maximum Gasteiger partial charge on any atom is 0.256 e. The van der Waals surface area contributed by atoms with Gasteiger partial charge in [0.25, 0.3) is 5.56 Å². The number of halogens is 1. The summed E-state index contributed by atoms with van der Waals surface area (Å²) in [5, 5.41) is 3.99. The number of fused-ring (bicyclic) bond motifs is 3.